The lowest BCUT2D eigenvalue weighted by molar-refractivity contribution is -0.147. The van der Waals surface area contributed by atoms with Crippen LogP contribution in [0.1, 0.15) is 44.4 Å². The van der Waals surface area contributed by atoms with Crippen LogP contribution >= 0.6 is 31.9 Å². The van der Waals surface area contributed by atoms with Crippen LogP contribution in [-0.2, 0) is 19.9 Å². The number of ketones is 1. The van der Waals surface area contributed by atoms with Gasteiger partial charge in [-0.15, -0.1) is 0 Å². The molecular formula is C52H46Br2N4O4Si. The number of carbonyl (C=O) groups is 3. The van der Waals surface area contributed by atoms with Gasteiger partial charge in [0, 0.05) is 58.3 Å². The third kappa shape index (κ3) is 8.22. The molecule has 5 heterocycles. The van der Waals surface area contributed by atoms with Crippen LogP contribution in [0.2, 0.25) is 19.6 Å². The molecular weight excluding hydrogens is 932 g/mol. The third-order valence-electron chi connectivity index (χ3n) is 11.7. The number of pyridine rings is 1. The van der Waals surface area contributed by atoms with Crippen molar-refractivity contribution in [1.29, 1.82) is 0 Å². The number of aromatic nitrogens is 1. The Morgan fingerprint density at radius 1 is 0.667 bits per heavy atom. The first-order chi connectivity index (χ1) is 30.2. The molecule has 0 N–H and O–H groups in total. The summed E-state index contributed by atoms with van der Waals surface area (Å²) in [6, 6.07) is 46.3. The van der Waals surface area contributed by atoms with E-state index in [1.54, 1.807) is 35.3 Å². The first-order valence-corrected chi connectivity index (χ1v) is 25.7. The standard InChI is InChI=1S/C24H17BrN2O2.C10H16Si.C9H6BrNO2.C9H7N/c1-26-20-11-10-16(25)14-19(20)24(23(26)28)18-8-4-5-9-21(18)27-13-12-15-6-2-3-7-17(15)22(27)29-24;1-9-7-5-6-8-10(9)11(2,3)4;1-11-7-3-2-5(10)4-6(7)8(12)9(11)13;1-2-4-9-7-10-6-5-8(9)3-1/h2-14,22H,1H3;5-8H,1-4H3;2-4H,1H3;1-7H/t22-,24-;;;/m0.../s1. The molecule has 11 heteroatoms. The lowest BCUT2D eigenvalue weighted by atomic mass is 9.83. The van der Waals surface area contributed by atoms with E-state index in [1.165, 1.54) is 21.2 Å². The smallest absolute Gasteiger partial charge is 0.299 e. The van der Waals surface area contributed by atoms with E-state index in [4.69, 9.17) is 4.74 Å². The van der Waals surface area contributed by atoms with Gasteiger partial charge in [-0.2, -0.15) is 0 Å². The molecule has 0 saturated heterocycles. The van der Waals surface area contributed by atoms with E-state index in [2.05, 4.69) is 129 Å². The highest BCUT2D eigenvalue weighted by atomic mass is 79.9. The van der Waals surface area contributed by atoms with Crippen molar-refractivity contribution < 1.29 is 19.1 Å². The topological polar surface area (TPSA) is 83.0 Å². The van der Waals surface area contributed by atoms with Gasteiger partial charge in [0.05, 0.1) is 30.7 Å². The monoisotopic (exact) mass is 976 g/mol. The van der Waals surface area contributed by atoms with Crippen LogP contribution in [0.4, 0.5) is 17.1 Å². The molecule has 2 amide bonds. The number of carbonyl (C=O) groups excluding carboxylic acids is 3. The number of benzene rings is 6. The van der Waals surface area contributed by atoms with Crippen LogP contribution in [0, 0.1) is 6.92 Å². The van der Waals surface area contributed by atoms with Crippen LogP contribution in [0.25, 0.3) is 16.8 Å². The van der Waals surface area contributed by atoms with E-state index in [0.717, 1.165) is 42.6 Å². The van der Waals surface area contributed by atoms with Crippen molar-refractivity contribution in [1.82, 2.24) is 4.98 Å². The van der Waals surface area contributed by atoms with Gasteiger partial charge in [0.2, 0.25) is 5.60 Å². The molecule has 316 valence electrons. The number of rotatable bonds is 1. The number of hydrogen-bond acceptors (Lipinski definition) is 6. The number of halogens is 2. The first kappa shape index (κ1) is 43.7. The van der Waals surface area contributed by atoms with Crippen LogP contribution in [0.3, 0.4) is 0 Å². The minimum atomic E-state index is -1.18. The van der Waals surface area contributed by atoms with Gasteiger partial charge in [-0.3, -0.25) is 19.4 Å². The van der Waals surface area contributed by atoms with E-state index in [0.29, 0.717) is 11.3 Å². The third-order valence-corrected chi connectivity index (χ3v) is 14.8. The second-order valence-electron chi connectivity index (χ2n) is 16.7. The highest BCUT2D eigenvalue weighted by molar-refractivity contribution is 9.10. The fraction of sp³-hybridized carbons (Fsp3) is 0.154. The van der Waals surface area contributed by atoms with Crippen molar-refractivity contribution in [3.63, 3.8) is 0 Å². The number of amides is 2. The normalized spacial score (nSPS) is 17.6. The average Bonchev–Trinajstić information content (AvgIpc) is 3.63. The van der Waals surface area contributed by atoms with E-state index >= 15 is 0 Å². The van der Waals surface area contributed by atoms with Crippen molar-refractivity contribution in [2.45, 2.75) is 38.4 Å². The molecule has 2 atom stereocenters. The van der Waals surface area contributed by atoms with Gasteiger partial charge in [-0.05, 0) is 77.9 Å². The number of Topliss-reactive ketones (excluding diaryl/α,β-unsaturated/α-hetero) is 1. The van der Waals surface area contributed by atoms with Crippen molar-refractivity contribution in [2.24, 2.45) is 0 Å². The number of para-hydroxylation sites is 1. The number of fused-ring (bicyclic) bond motifs is 10. The summed E-state index contributed by atoms with van der Waals surface area (Å²) in [4.78, 5) is 45.5. The van der Waals surface area contributed by atoms with E-state index in [-0.39, 0.29) is 12.1 Å². The van der Waals surface area contributed by atoms with Crippen LogP contribution in [0.15, 0.2) is 167 Å². The molecule has 0 bridgehead atoms. The molecule has 11 rings (SSSR count). The fourth-order valence-electron chi connectivity index (χ4n) is 8.55. The van der Waals surface area contributed by atoms with Gasteiger partial charge in [0.1, 0.15) is 0 Å². The summed E-state index contributed by atoms with van der Waals surface area (Å²) in [6.45, 7) is 9.35. The van der Waals surface area contributed by atoms with Gasteiger partial charge in [-0.25, -0.2) is 0 Å². The van der Waals surface area contributed by atoms with Gasteiger partial charge >= 0.3 is 0 Å². The molecule has 0 saturated carbocycles. The molecule has 0 fully saturated rings. The second-order valence-corrected chi connectivity index (χ2v) is 23.6. The zero-order chi connectivity index (χ0) is 44.6. The van der Waals surface area contributed by atoms with Crippen LogP contribution in [0.5, 0.6) is 0 Å². The molecule has 0 unspecified atom stereocenters. The maximum absolute atomic E-state index is 13.7. The van der Waals surface area contributed by atoms with Gasteiger partial charge in [-0.1, -0.05) is 153 Å². The number of anilines is 3. The summed E-state index contributed by atoms with van der Waals surface area (Å²) in [5, 5.41) is 4.03. The molecule has 4 aliphatic rings. The summed E-state index contributed by atoms with van der Waals surface area (Å²) >= 11 is 6.83. The lowest BCUT2D eigenvalue weighted by Crippen LogP contribution is -2.49. The zero-order valence-corrected chi connectivity index (χ0v) is 40.0. The van der Waals surface area contributed by atoms with Crippen molar-refractivity contribution >= 4 is 96.6 Å². The molecule has 6 aromatic carbocycles. The molecule has 8 nitrogen and oxygen atoms in total. The number of aryl methyl sites for hydroxylation is 1. The quantitative estimate of drug-likeness (QED) is 0.120. The number of ether oxygens (including phenoxy) is 1. The number of nitrogens with zero attached hydrogens (tertiary/aromatic N) is 4. The average molecular weight is 979 g/mol. The second kappa shape index (κ2) is 17.6. The SMILES string of the molecule is CN1C(=O)C(=O)c2cc(Br)ccc21.CN1C(=O)[C@@]2(O[C@H]3c4ccccc4C=CN3c3ccccc32)c2cc(Br)ccc21.Cc1ccccc1[Si](C)(C)C.c1ccc2cnccc2c1. The molecule has 1 spiro atoms. The minimum absolute atomic E-state index is 0.0651. The summed E-state index contributed by atoms with van der Waals surface area (Å²) in [7, 11) is 2.34. The van der Waals surface area contributed by atoms with E-state index in [1.807, 2.05) is 92.4 Å². The highest BCUT2D eigenvalue weighted by Gasteiger charge is 2.58. The van der Waals surface area contributed by atoms with Crippen molar-refractivity contribution in [3.05, 3.63) is 200 Å². The molecule has 7 aromatic rings. The minimum Gasteiger partial charge on any atom is -0.328 e. The maximum atomic E-state index is 13.7. The zero-order valence-electron chi connectivity index (χ0n) is 35.8. The Bertz CT molecular complexity index is 2880. The Balaban J connectivity index is 0.000000132. The van der Waals surface area contributed by atoms with Crippen molar-refractivity contribution in [3.8, 4) is 0 Å². The highest BCUT2D eigenvalue weighted by Crippen LogP contribution is 2.56. The Hall–Kier alpha value is -5.98. The predicted octanol–water partition coefficient (Wildman–Crippen LogP) is 11.6. The largest absolute Gasteiger partial charge is 0.328 e. The van der Waals surface area contributed by atoms with E-state index in [9.17, 15) is 14.4 Å². The molecule has 1 aromatic heterocycles. The molecule has 63 heavy (non-hydrogen) atoms. The molecule has 0 radical (unpaired) electrons. The van der Waals surface area contributed by atoms with Gasteiger partial charge in [0.15, 0.2) is 6.23 Å². The Labute approximate surface area is 386 Å². The molecule has 0 aliphatic carbocycles. The summed E-state index contributed by atoms with van der Waals surface area (Å²) in [6.07, 6.45) is 7.44. The summed E-state index contributed by atoms with van der Waals surface area (Å²) in [5.41, 5.74) is 7.20. The maximum Gasteiger partial charge on any atom is 0.299 e. The predicted molar refractivity (Wildman–Crippen MR) is 264 cm³/mol. The van der Waals surface area contributed by atoms with Crippen LogP contribution in [-0.4, -0.2) is 44.8 Å². The lowest BCUT2D eigenvalue weighted by Gasteiger charge is -2.46. The Kier molecular flexibility index (Phi) is 12.2. The van der Waals surface area contributed by atoms with E-state index < -0.39 is 25.4 Å². The number of likely N-dealkylation sites (N-methyl/N-ethyl adjacent to an activating group) is 2. The summed E-state index contributed by atoms with van der Waals surface area (Å²) < 4.78 is 8.55. The summed E-state index contributed by atoms with van der Waals surface area (Å²) in [5.74, 6) is -0.961. The van der Waals surface area contributed by atoms with Gasteiger partial charge in [0.25, 0.3) is 17.6 Å². The number of hydrogen-bond donors (Lipinski definition) is 0. The Morgan fingerprint density at radius 2 is 1.32 bits per heavy atom. The van der Waals surface area contributed by atoms with Crippen molar-refractivity contribution in [2.75, 3.05) is 28.8 Å². The Morgan fingerprint density at radius 3 is 2.05 bits per heavy atom. The fourth-order valence-corrected chi connectivity index (χ4v) is 11.1. The van der Waals surface area contributed by atoms with Gasteiger partial charge < -0.3 is 19.4 Å². The van der Waals surface area contributed by atoms with Crippen LogP contribution < -0.4 is 19.9 Å². The molecule has 4 aliphatic heterocycles. The first-order valence-electron chi connectivity index (χ1n) is 20.6.